The summed E-state index contributed by atoms with van der Waals surface area (Å²) in [4.78, 5) is 11.9. The van der Waals surface area contributed by atoms with Crippen LogP contribution in [0.25, 0.3) is 5.57 Å². The quantitative estimate of drug-likeness (QED) is 0.833. The van der Waals surface area contributed by atoms with Crippen molar-refractivity contribution in [1.82, 2.24) is 20.1 Å². The largest absolute Gasteiger partial charge is 0.351 e. The number of hydrogen-bond donors (Lipinski definition) is 1. The molecule has 0 atom stereocenters. The highest BCUT2D eigenvalue weighted by molar-refractivity contribution is 6.30. The molecule has 1 aromatic carbocycles. The van der Waals surface area contributed by atoms with Gasteiger partial charge in [-0.15, -0.1) is 10.2 Å². The van der Waals surface area contributed by atoms with Crippen LogP contribution in [0.2, 0.25) is 5.02 Å². The van der Waals surface area contributed by atoms with Gasteiger partial charge in [-0.05, 0) is 30.2 Å². The summed E-state index contributed by atoms with van der Waals surface area (Å²) in [5, 5.41) is 11.4. The first-order valence-electron chi connectivity index (χ1n) is 7.19. The zero-order valence-corrected chi connectivity index (χ0v) is 13.5. The van der Waals surface area contributed by atoms with Crippen LogP contribution < -0.4 is 5.32 Å². The lowest BCUT2D eigenvalue weighted by atomic mass is 10.1. The summed E-state index contributed by atoms with van der Waals surface area (Å²) in [5.74, 6) is 0.795. The van der Waals surface area contributed by atoms with E-state index in [9.17, 15) is 4.79 Å². The molecular formula is C16H19ClN4O. The van der Waals surface area contributed by atoms with Crippen LogP contribution in [0.5, 0.6) is 0 Å². The monoisotopic (exact) mass is 318 g/mol. The van der Waals surface area contributed by atoms with E-state index in [4.69, 9.17) is 11.6 Å². The van der Waals surface area contributed by atoms with Gasteiger partial charge in [0, 0.05) is 30.6 Å². The van der Waals surface area contributed by atoms with Gasteiger partial charge in [0.15, 0.2) is 0 Å². The second kappa shape index (κ2) is 7.75. The molecule has 0 unspecified atom stereocenters. The summed E-state index contributed by atoms with van der Waals surface area (Å²) in [6, 6.07) is 7.44. The minimum absolute atomic E-state index is 0.122. The number of benzene rings is 1. The molecule has 0 aliphatic rings. The smallest absolute Gasteiger partial charge is 0.244 e. The summed E-state index contributed by atoms with van der Waals surface area (Å²) in [7, 11) is 0. The van der Waals surface area contributed by atoms with Gasteiger partial charge in [-0.3, -0.25) is 4.79 Å². The average molecular weight is 319 g/mol. The van der Waals surface area contributed by atoms with Crippen LogP contribution >= 0.6 is 11.6 Å². The number of aromatic nitrogens is 3. The fourth-order valence-electron chi connectivity index (χ4n) is 2.10. The van der Waals surface area contributed by atoms with Crippen molar-refractivity contribution in [1.29, 1.82) is 0 Å². The minimum atomic E-state index is -0.122. The van der Waals surface area contributed by atoms with Crippen LogP contribution in [-0.4, -0.2) is 27.2 Å². The molecule has 0 fully saturated rings. The molecule has 22 heavy (non-hydrogen) atoms. The Morgan fingerprint density at radius 3 is 3.00 bits per heavy atom. The van der Waals surface area contributed by atoms with Crippen LogP contribution in [0.1, 0.15) is 25.2 Å². The molecule has 116 valence electrons. The van der Waals surface area contributed by atoms with Crippen molar-refractivity contribution in [2.75, 3.05) is 6.54 Å². The van der Waals surface area contributed by atoms with Crippen molar-refractivity contribution in [3.63, 3.8) is 0 Å². The molecule has 0 bridgehead atoms. The first-order valence-corrected chi connectivity index (χ1v) is 7.56. The third-order valence-corrected chi connectivity index (χ3v) is 3.53. The van der Waals surface area contributed by atoms with Gasteiger partial charge in [0.25, 0.3) is 0 Å². The molecule has 1 heterocycles. The number of hydrogen-bond acceptors (Lipinski definition) is 3. The first-order chi connectivity index (χ1) is 10.6. The van der Waals surface area contributed by atoms with E-state index in [0.717, 1.165) is 23.4 Å². The Hall–Kier alpha value is -2.14. The number of aryl methyl sites for hydroxylation is 1. The van der Waals surface area contributed by atoms with Crippen molar-refractivity contribution in [3.8, 4) is 0 Å². The van der Waals surface area contributed by atoms with Crippen LogP contribution in [0.3, 0.4) is 0 Å². The second-order valence-electron chi connectivity index (χ2n) is 4.92. The van der Waals surface area contributed by atoms with Gasteiger partial charge >= 0.3 is 0 Å². The zero-order chi connectivity index (χ0) is 15.9. The molecule has 5 nitrogen and oxygen atoms in total. The molecule has 0 aliphatic carbocycles. The topological polar surface area (TPSA) is 59.8 Å². The molecule has 0 aliphatic heterocycles. The van der Waals surface area contributed by atoms with E-state index >= 15 is 0 Å². The number of allylic oxidation sites excluding steroid dienone is 1. The molecule has 0 spiro atoms. The number of nitrogens with one attached hydrogen (secondary N) is 1. The van der Waals surface area contributed by atoms with Crippen molar-refractivity contribution in [3.05, 3.63) is 53.1 Å². The molecule has 0 saturated heterocycles. The Bertz CT molecular complexity index is 678. The standard InChI is InChI=1S/C16H19ClN4O/c1-3-15-20-19-11-21(15)8-7-18-16(22)9-12(2)13-5-4-6-14(17)10-13/h4-6,9-11H,3,7-8H2,1-2H3,(H,18,22). The van der Waals surface area contributed by atoms with Gasteiger partial charge in [-0.2, -0.15) is 0 Å². The van der Waals surface area contributed by atoms with Crippen molar-refractivity contribution in [2.24, 2.45) is 0 Å². The van der Waals surface area contributed by atoms with Crippen LogP contribution in [0, 0.1) is 0 Å². The molecule has 1 amide bonds. The summed E-state index contributed by atoms with van der Waals surface area (Å²) >= 11 is 5.95. The van der Waals surface area contributed by atoms with Crippen molar-refractivity contribution in [2.45, 2.75) is 26.8 Å². The highest BCUT2D eigenvalue weighted by Gasteiger charge is 2.03. The van der Waals surface area contributed by atoms with E-state index in [2.05, 4.69) is 15.5 Å². The van der Waals surface area contributed by atoms with E-state index in [0.29, 0.717) is 18.1 Å². The average Bonchev–Trinajstić information content (AvgIpc) is 2.94. The minimum Gasteiger partial charge on any atom is -0.351 e. The van der Waals surface area contributed by atoms with Crippen LogP contribution in [-0.2, 0) is 17.8 Å². The molecule has 0 radical (unpaired) electrons. The van der Waals surface area contributed by atoms with E-state index in [-0.39, 0.29) is 5.91 Å². The number of amides is 1. The van der Waals surface area contributed by atoms with Crippen molar-refractivity contribution < 1.29 is 4.79 Å². The normalized spacial score (nSPS) is 11.5. The van der Waals surface area contributed by atoms with E-state index in [1.807, 2.05) is 42.7 Å². The van der Waals surface area contributed by atoms with Crippen LogP contribution in [0.4, 0.5) is 0 Å². The lowest BCUT2D eigenvalue weighted by molar-refractivity contribution is -0.116. The maximum Gasteiger partial charge on any atom is 0.244 e. The molecule has 0 saturated carbocycles. The summed E-state index contributed by atoms with van der Waals surface area (Å²) in [6.07, 6.45) is 4.08. The number of nitrogens with zero attached hydrogens (tertiary/aromatic N) is 3. The van der Waals surface area contributed by atoms with Gasteiger partial charge < -0.3 is 9.88 Å². The molecule has 2 rings (SSSR count). The van der Waals surface area contributed by atoms with Gasteiger partial charge in [-0.25, -0.2) is 0 Å². The zero-order valence-electron chi connectivity index (χ0n) is 12.7. The Kier molecular flexibility index (Phi) is 5.72. The molecule has 1 aromatic heterocycles. The maximum atomic E-state index is 11.9. The fourth-order valence-corrected chi connectivity index (χ4v) is 2.29. The van der Waals surface area contributed by atoms with E-state index in [1.54, 1.807) is 12.4 Å². The number of rotatable bonds is 6. The predicted octanol–water partition coefficient (Wildman–Crippen LogP) is 2.71. The van der Waals surface area contributed by atoms with Crippen molar-refractivity contribution >= 4 is 23.1 Å². The maximum absolute atomic E-state index is 11.9. The Labute approximate surface area is 135 Å². The fraction of sp³-hybridized carbons (Fsp3) is 0.312. The summed E-state index contributed by atoms with van der Waals surface area (Å²) < 4.78 is 1.94. The third-order valence-electron chi connectivity index (χ3n) is 3.29. The highest BCUT2D eigenvalue weighted by atomic mass is 35.5. The number of carbonyl (C=O) groups excluding carboxylic acids is 1. The number of carbonyl (C=O) groups is 1. The Morgan fingerprint density at radius 2 is 2.27 bits per heavy atom. The number of halogens is 1. The lowest BCUT2D eigenvalue weighted by Gasteiger charge is -2.06. The lowest BCUT2D eigenvalue weighted by Crippen LogP contribution is -2.26. The molecule has 1 N–H and O–H groups in total. The Morgan fingerprint density at radius 1 is 1.45 bits per heavy atom. The second-order valence-corrected chi connectivity index (χ2v) is 5.36. The Balaban J connectivity index is 1.88. The van der Waals surface area contributed by atoms with Gasteiger partial charge in [0.1, 0.15) is 12.2 Å². The first kappa shape index (κ1) is 16.2. The SMILES string of the molecule is CCc1nncn1CCNC(=O)C=C(C)c1cccc(Cl)c1. The predicted molar refractivity (Wildman–Crippen MR) is 87.5 cm³/mol. The van der Waals surface area contributed by atoms with E-state index < -0.39 is 0 Å². The highest BCUT2D eigenvalue weighted by Crippen LogP contribution is 2.17. The summed E-state index contributed by atoms with van der Waals surface area (Å²) in [5.41, 5.74) is 1.81. The third kappa shape index (κ3) is 4.43. The van der Waals surface area contributed by atoms with Gasteiger partial charge in [0.05, 0.1) is 0 Å². The van der Waals surface area contributed by atoms with Gasteiger partial charge in [0.2, 0.25) is 5.91 Å². The summed E-state index contributed by atoms with van der Waals surface area (Å²) in [6.45, 7) is 5.10. The van der Waals surface area contributed by atoms with Gasteiger partial charge in [-0.1, -0.05) is 30.7 Å². The molecule has 6 heteroatoms. The van der Waals surface area contributed by atoms with Crippen LogP contribution in [0.15, 0.2) is 36.7 Å². The van der Waals surface area contributed by atoms with E-state index in [1.165, 1.54) is 0 Å². The molecular weight excluding hydrogens is 300 g/mol. The molecule has 2 aromatic rings.